The van der Waals surface area contributed by atoms with E-state index in [1.54, 1.807) is 20.5 Å². The lowest BCUT2D eigenvalue weighted by Crippen LogP contribution is -2.39. The Hall–Kier alpha value is -3.71. The van der Waals surface area contributed by atoms with E-state index < -0.39 is 0 Å². The fraction of sp³-hybridized carbons (Fsp3) is 0.564. The summed E-state index contributed by atoms with van der Waals surface area (Å²) >= 11 is 1.16. The van der Waals surface area contributed by atoms with Gasteiger partial charge in [0, 0.05) is 38.6 Å². The van der Waals surface area contributed by atoms with Gasteiger partial charge in [-0.2, -0.15) is 8.75 Å². The minimum Gasteiger partial charge on any atom is -0.382 e. The molecule has 1 fully saturated rings. The number of amides is 1. The first-order valence-electron chi connectivity index (χ1n) is 18.2. The summed E-state index contributed by atoms with van der Waals surface area (Å²) in [4.78, 5) is 39.1. The van der Waals surface area contributed by atoms with Gasteiger partial charge in [-0.25, -0.2) is 9.97 Å². The second-order valence-electron chi connectivity index (χ2n) is 13.6. The van der Waals surface area contributed by atoms with E-state index in [9.17, 15) is 9.59 Å². The van der Waals surface area contributed by atoms with Crippen LogP contribution in [0.25, 0.3) is 11.2 Å². The van der Waals surface area contributed by atoms with Gasteiger partial charge in [-0.15, -0.1) is 0 Å². The van der Waals surface area contributed by atoms with Gasteiger partial charge in [0.05, 0.1) is 49.9 Å². The van der Waals surface area contributed by atoms with Crippen molar-refractivity contribution in [3.63, 3.8) is 0 Å². The second kappa shape index (κ2) is 20.4. The van der Waals surface area contributed by atoms with Crippen LogP contribution in [0, 0.1) is 11.8 Å². The summed E-state index contributed by atoms with van der Waals surface area (Å²) in [7, 11) is 3.42. The molecule has 0 bridgehead atoms. The number of aliphatic imine (C=N–C) groups is 1. The number of nitrogens with one attached hydrogen (secondary N) is 1. The Morgan fingerprint density at radius 3 is 2.76 bits per heavy atom. The molecule has 12 heteroatoms. The van der Waals surface area contributed by atoms with Gasteiger partial charge in [0.25, 0.3) is 0 Å². The summed E-state index contributed by atoms with van der Waals surface area (Å²) in [5, 5.41) is 3.25. The van der Waals surface area contributed by atoms with Crippen molar-refractivity contribution in [2.45, 2.75) is 82.6 Å². The van der Waals surface area contributed by atoms with Gasteiger partial charge in [-0.05, 0) is 86.5 Å². The highest BCUT2D eigenvalue weighted by atomic mass is 32.1. The number of carbonyl (C=O) groups excluding carboxylic acids is 2. The van der Waals surface area contributed by atoms with E-state index in [1.807, 2.05) is 12.3 Å². The highest BCUT2D eigenvalue weighted by molar-refractivity contribution is 7.00. The number of rotatable bonds is 17. The minimum atomic E-state index is -0.239. The average Bonchev–Trinajstić information content (AvgIpc) is 3.33. The van der Waals surface area contributed by atoms with Crippen molar-refractivity contribution in [1.82, 2.24) is 24.0 Å². The summed E-state index contributed by atoms with van der Waals surface area (Å²) in [6.45, 7) is 6.38. The predicted molar refractivity (Wildman–Crippen MR) is 201 cm³/mol. The smallest absolute Gasteiger partial charge is 0.223 e. The number of hydrogen-bond acceptors (Lipinski definition) is 11. The monoisotopic (exact) mass is 716 g/mol. The van der Waals surface area contributed by atoms with Crippen LogP contribution < -0.4 is 5.32 Å². The van der Waals surface area contributed by atoms with Crippen LogP contribution in [-0.4, -0.2) is 89.9 Å². The van der Waals surface area contributed by atoms with Crippen LogP contribution >= 0.6 is 11.7 Å². The van der Waals surface area contributed by atoms with Gasteiger partial charge in [0.1, 0.15) is 18.5 Å². The molecule has 0 aliphatic heterocycles. The average molecular weight is 717 g/mol. The van der Waals surface area contributed by atoms with E-state index >= 15 is 0 Å². The minimum absolute atomic E-state index is 0.0485. The molecule has 2 aromatic rings. The third-order valence-corrected chi connectivity index (χ3v) is 10.5. The standard InChI is InChI=1S/C39H52N6O5S/c1-27-22-32(16-17-35(27)43-39(47)31-9-5-8-30(14-15-31)36-37-38(42-26-41-36)45-51-44-37)33(24-40-2)13-12-28-6-4-7-29(11-10-28)23-34(46)25-50-21-20-49-19-18-48-3/h7,13,16-17,22,24,26,28,30-31,35H,1,4-6,8-12,14-15,18-21,23,25H2,2-3H3,(H,43,47). The number of methoxy groups -OCH3 is 1. The molecule has 51 heavy (non-hydrogen) atoms. The maximum absolute atomic E-state index is 13.5. The Kier molecular flexibility index (Phi) is 15.4. The van der Waals surface area contributed by atoms with Gasteiger partial charge >= 0.3 is 0 Å². The van der Waals surface area contributed by atoms with E-state index in [0.29, 0.717) is 44.4 Å². The van der Waals surface area contributed by atoms with Gasteiger partial charge in [0.15, 0.2) is 11.4 Å². The van der Waals surface area contributed by atoms with Crippen LogP contribution in [0.4, 0.5) is 0 Å². The van der Waals surface area contributed by atoms with Gasteiger partial charge in [0.2, 0.25) is 5.91 Å². The second-order valence-corrected chi connectivity index (χ2v) is 14.1. The van der Waals surface area contributed by atoms with Crippen LogP contribution in [0.3, 0.4) is 0 Å². The van der Waals surface area contributed by atoms with Gasteiger partial charge < -0.3 is 19.5 Å². The first-order chi connectivity index (χ1) is 24.9. The van der Waals surface area contributed by atoms with E-state index in [0.717, 1.165) is 104 Å². The maximum atomic E-state index is 13.5. The molecule has 1 N–H and O–H groups in total. The largest absolute Gasteiger partial charge is 0.382 e. The fourth-order valence-corrected chi connectivity index (χ4v) is 7.62. The number of ether oxygens (including phenoxy) is 3. The molecule has 4 unspecified atom stereocenters. The summed E-state index contributed by atoms with van der Waals surface area (Å²) in [6, 6.07) is -0.239. The van der Waals surface area contributed by atoms with Crippen molar-refractivity contribution < 1.29 is 23.8 Å². The molecular formula is C39H52N6O5S. The van der Waals surface area contributed by atoms with Crippen molar-refractivity contribution in [2.75, 3.05) is 47.2 Å². The molecule has 5 rings (SSSR count). The van der Waals surface area contributed by atoms with Crippen molar-refractivity contribution >= 4 is 40.8 Å². The third kappa shape index (κ3) is 11.6. The Morgan fingerprint density at radius 1 is 1.06 bits per heavy atom. The fourth-order valence-electron chi connectivity index (χ4n) is 7.11. The lowest BCUT2D eigenvalue weighted by Gasteiger charge is -2.23. The molecule has 4 atom stereocenters. The Morgan fingerprint density at radius 2 is 1.92 bits per heavy atom. The third-order valence-electron chi connectivity index (χ3n) is 9.97. The number of Topliss-reactive ketones (excluding diaryl/α,β-unsaturated/α-hetero) is 1. The lowest BCUT2D eigenvalue weighted by atomic mass is 9.90. The van der Waals surface area contributed by atoms with Crippen molar-refractivity contribution in [3.05, 3.63) is 71.3 Å². The van der Waals surface area contributed by atoms with E-state index in [4.69, 9.17) is 14.2 Å². The van der Waals surface area contributed by atoms with E-state index in [-0.39, 0.29) is 36.2 Å². The molecule has 2 aromatic heterocycles. The number of allylic oxidation sites excluding steroid dienone is 6. The summed E-state index contributed by atoms with van der Waals surface area (Å²) in [6.07, 6.45) is 24.1. The number of nitrogens with zero attached hydrogens (tertiary/aromatic N) is 5. The molecule has 3 aliphatic carbocycles. The summed E-state index contributed by atoms with van der Waals surface area (Å²) < 4.78 is 24.5. The summed E-state index contributed by atoms with van der Waals surface area (Å²) in [5.41, 5.74) is 6.59. The zero-order valence-electron chi connectivity index (χ0n) is 30.1. The number of ketones is 1. The molecule has 1 saturated carbocycles. The highest BCUT2D eigenvalue weighted by Gasteiger charge is 2.29. The molecular weight excluding hydrogens is 665 g/mol. The van der Waals surface area contributed by atoms with Gasteiger partial charge in [-0.3, -0.25) is 14.6 Å². The van der Waals surface area contributed by atoms with Crippen LogP contribution in [0.2, 0.25) is 0 Å². The molecule has 1 amide bonds. The molecule has 0 aromatic carbocycles. The van der Waals surface area contributed by atoms with Crippen molar-refractivity contribution in [2.24, 2.45) is 16.8 Å². The number of carbonyl (C=O) groups is 2. The number of hydrogen-bond donors (Lipinski definition) is 1. The lowest BCUT2D eigenvalue weighted by molar-refractivity contribution is -0.125. The van der Waals surface area contributed by atoms with E-state index in [1.165, 1.54) is 5.57 Å². The molecule has 274 valence electrons. The van der Waals surface area contributed by atoms with Crippen LogP contribution in [0.5, 0.6) is 0 Å². The van der Waals surface area contributed by atoms with E-state index in [2.05, 4.69) is 59.9 Å². The highest BCUT2D eigenvalue weighted by Crippen LogP contribution is 2.36. The van der Waals surface area contributed by atoms with Crippen molar-refractivity contribution in [1.29, 1.82) is 0 Å². The number of aromatic nitrogens is 4. The Labute approximate surface area is 305 Å². The zero-order valence-corrected chi connectivity index (χ0v) is 30.9. The first kappa shape index (κ1) is 38.5. The Balaban J connectivity index is 1.06. The molecule has 0 saturated heterocycles. The topological polar surface area (TPSA) is 138 Å². The molecule has 0 spiro atoms. The molecule has 11 nitrogen and oxygen atoms in total. The van der Waals surface area contributed by atoms with Crippen LogP contribution in [-0.2, 0) is 23.8 Å². The summed E-state index contributed by atoms with van der Waals surface area (Å²) in [5.74, 6) is 0.923. The first-order valence-corrected chi connectivity index (χ1v) is 19.0. The quantitative estimate of drug-likeness (QED) is 0.0847. The zero-order chi connectivity index (χ0) is 35.8. The SMILES string of the molecule is C=C1C=C(C(C=NC)=CCC2CCC=C(CC(=O)COCCOCCOC)CC2)C=CC1NC(=O)C1CCCC(c2ncnc3nsnc23)CC1. The van der Waals surface area contributed by atoms with Crippen LogP contribution in [0.1, 0.15) is 82.2 Å². The Bertz CT molecular complexity index is 1650. The van der Waals surface area contributed by atoms with Crippen LogP contribution in [0.15, 0.2) is 70.6 Å². The van der Waals surface area contributed by atoms with Crippen molar-refractivity contribution in [3.8, 4) is 0 Å². The molecule has 2 heterocycles. The number of fused-ring (bicyclic) bond motifs is 1. The molecule has 3 aliphatic rings. The van der Waals surface area contributed by atoms with Gasteiger partial charge in [-0.1, -0.05) is 42.9 Å². The predicted octanol–water partition coefficient (Wildman–Crippen LogP) is 6.45. The maximum Gasteiger partial charge on any atom is 0.223 e. The molecule has 0 radical (unpaired) electrons. The normalized spacial score (nSPS) is 23.2.